The number of halogens is 2. The highest BCUT2D eigenvalue weighted by molar-refractivity contribution is 9.10. The van der Waals surface area contributed by atoms with E-state index >= 15 is 0 Å². The number of hydrogen-bond donors (Lipinski definition) is 2. The fourth-order valence-electron chi connectivity index (χ4n) is 2.19. The quantitative estimate of drug-likeness (QED) is 0.814. The van der Waals surface area contributed by atoms with Crippen LogP contribution in [0.15, 0.2) is 41.0 Å². The number of nitrogens with one attached hydrogen (secondary N) is 2. The van der Waals surface area contributed by atoms with E-state index in [1.54, 1.807) is 12.3 Å². The van der Waals surface area contributed by atoms with Crippen LogP contribution < -0.4 is 10.6 Å². The van der Waals surface area contributed by atoms with Crippen LogP contribution in [-0.2, 0) is 11.2 Å². The third-order valence-corrected chi connectivity index (χ3v) is 3.89. The Morgan fingerprint density at radius 1 is 1.45 bits per heavy atom. The number of para-hydroxylation sites is 1. The van der Waals surface area contributed by atoms with Gasteiger partial charge in [0, 0.05) is 22.8 Å². The Labute approximate surface area is 129 Å². The van der Waals surface area contributed by atoms with Gasteiger partial charge in [0.05, 0.1) is 5.69 Å². The zero-order chi connectivity index (χ0) is 14.1. The topological polar surface area (TPSA) is 54.0 Å². The van der Waals surface area contributed by atoms with Gasteiger partial charge in [0.25, 0.3) is 0 Å². The normalized spacial score (nSPS) is 16.4. The number of carbonyl (C=O) groups excluding carboxylic acids is 1. The van der Waals surface area contributed by atoms with Crippen molar-refractivity contribution in [1.82, 2.24) is 4.98 Å². The number of nitrogens with zero attached hydrogens (tertiary/aromatic N) is 1. The van der Waals surface area contributed by atoms with E-state index in [0.29, 0.717) is 12.1 Å². The summed E-state index contributed by atoms with van der Waals surface area (Å²) in [5.41, 5.74) is 2.65. The summed E-state index contributed by atoms with van der Waals surface area (Å²) in [6, 6.07) is 9.34. The zero-order valence-electron chi connectivity index (χ0n) is 10.4. The highest BCUT2D eigenvalue weighted by Gasteiger charge is 2.26. The Morgan fingerprint density at radius 2 is 2.25 bits per heavy atom. The minimum absolute atomic E-state index is 0.122. The van der Waals surface area contributed by atoms with E-state index in [9.17, 15) is 4.79 Å². The van der Waals surface area contributed by atoms with Gasteiger partial charge in [-0.25, -0.2) is 4.98 Å². The highest BCUT2D eigenvalue weighted by atomic mass is 79.9. The van der Waals surface area contributed by atoms with E-state index in [-0.39, 0.29) is 17.1 Å². The number of carbonyl (C=O) groups is 1. The summed E-state index contributed by atoms with van der Waals surface area (Å²) < 4.78 is 0.764. The van der Waals surface area contributed by atoms with Gasteiger partial charge in [-0.15, -0.1) is 0 Å². The number of fused-ring (bicyclic) bond motifs is 1. The van der Waals surface area contributed by atoms with Crippen molar-refractivity contribution >= 4 is 44.8 Å². The van der Waals surface area contributed by atoms with Gasteiger partial charge in [-0.3, -0.25) is 4.79 Å². The first-order valence-electron chi connectivity index (χ1n) is 6.10. The fraction of sp³-hybridized carbons (Fsp3) is 0.143. The average molecular weight is 353 g/mol. The second kappa shape index (κ2) is 5.42. The molecule has 3 rings (SSSR count). The monoisotopic (exact) mass is 351 g/mol. The Morgan fingerprint density at radius 3 is 3.05 bits per heavy atom. The lowest BCUT2D eigenvalue weighted by atomic mass is 10.1. The molecule has 0 aliphatic carbocycles. The molecule has 0 spiro atoms. The van der Waals surface area contributed by atoms with Crippen LogP contribution in [0.25, 0.3) is 0 Å². The summed E-state index contributed by atoms with van der Waals surface area (Å²) in [5.74, 6) is -0.122. The lowest BCUT2D eigenvalue weighted by Gasteiger charge is -2.12. The summed E-state index contributed by atoms with van der Waals surface area (Å²) in [4.78, 5) is 16.3. The molecular weight excluding hydrogens is 342 g/mol. The van der Waals surface area contributed by atoms with Gasteiger partial charge in [0.2, 0.25) is 5.91 Å². The lowest BCUT2D eigenvalue weighted by molar-refractivity contribution is -0.116. The molecule has 20 heavy (non-hydrogen) atoms. The molecule has 4 nitrogen and oxygen atoms in total. The summed E-state index contributed by atoms with van der Waals surface area (Å²) >= 11 is 9.27. The van der Waals surface area contributed by atoms with E-state index in [4.69, 9.17) is 11.6 Å². The van der Waals surface area contributed by atoms with Gasteiger partial charge >= 0.3 is 0 Å². The molecule has 1 aliphatic rings. The number of hydrogen-bond acceptors (Lipinski definition) is 3. The van der Waals surface area contributed by atoms with Crippen molar-refractivity contribution in [1.29, 1.82) is 0 Å². The number of aromatic nitrogens is 1. The Balaban J connectivity index is 1.74. The molecule has 0 bridgehead atoms. The van der Waals surface area contributed by atoms with Gasteiger partial charge in [-0.1, -0.05) is 29.8 Å². The van der Waals surface area contributed by atoms with Crippen LogP contribution in [0, 0.1) is 0 Å². The molecule has 2 aromatic rings. The standard InChI is InChI=1S/C14H11BrClN3O/c15-9-6-11(13(16)17-7-9)19-14(20)12-5-8-3-1-2-4-10(8)18-12/h1-4,6-7,12,18H,5H2,(H,19,20). The third kappa shape index (κ3) is 2.64. The Bertz CT molecular complexity index is 652. The number of benzene rings is 1. The smallest absolute Gasteiger partial charge is 0.247 e. The molecule has 102 valence electrons. The minimum Gasteiger partial charge on any atom is -0.373 e. The van der Waals surface area contributed by atoms with Gasteiger partial charge in [0.1, 0.15) is 6.04 Å². The van der Waals surface area contributed by atoms with Crippen LogP contribution in [-0.4, -0.2) is 16.9 Å². The van der Waals surface area contributed by atoms with Crippen LogP contribution in [0.2, 0.25) is 5.15 Å². The Kier molecular flexibility index (Phi) is 3.63. The first-order valence-corrected chi connectivity index (χ1v) is 7.27. The van der Waals surface area contributed by atoms with Gasteiger partial charge in [-0.05, 0) is 33.6 Å². The van der Waals surface area contributed by atoms with Crippen molar-refractivity contribution in [2.45, 2.75) is 12.5 Å². The summed E-state index contributed by atoms with van der Waals surface area (Å²) in [6.45, 7) is 0. The van der Waals surface area contributed by atoms with Gasteiger partial charge < -0.3 is 10.6 Å². The molecule has 6 heteroatoms. The Hall–Kier alpha value is -1.59. The fourth-order valence-corrected chi connectivity index (χ4v) is 2.67. The minimum atomic E-state index is -0.289. The van der Waals surface area contributed by atoms with Crippen molar-refractivity contribution in [2.75, 3.05) is 10.6 Å². The molecule has 1 atom stereocenters. The van der Waals surface area contributed by atoms with E-state index in [1.165, 1.54) is 0 Å². The molecular formula is C14H11BrClN3O. The molecule has 1 aromatic carbocycles. The molecule has 2 N–H and O–H groups in total. The number of anilines is 2. The average Bonchev–Trinajstić information content (AvgIpc) is 2.87. The molecule has 0 radical (unpaired) electrons. The lowest BCUT2D eigenvalue weighted by Crippen LogP contribution is -2.32. The summed E-state index contributed by atoms with van der Waals surface area (Å²) in [7, 11) is 0. The molecule has 1 aromatic heterocycles. The first kappa shape index (κ1) is 13.4. The molecule has 1 amide bonds. The second-order valence-electron chi connectivity index (χ2n) is 4.54. The second-order valence-corrected chi connectivity index (χ2v) is 5.81. The van der Waals surface area contributed by atoms with Crippen molar-refractivity contribution in [3.63, 3.8) is 0 Å². The predicted molar refractivity (Wildman–Crippen MR) is 83.1 cm³/mol. The number of amides is 1. The van der Waals surface area contributed by atoms with Crippen LogP contribution >= 0.6 is 27.5 Å². The molecule has 0 saturated carbocycles. The van der Waals surface area contributed by atoms with Crippen LogP contribution in [0.1, 0.15) is 5.56 Å². The van der Waals surface area contributed by atoms with Crippen LogP contribution in [0.5, 0.6) is 0 Å². The predicted octanol–water partition coefficient (Wildman–Crippen LogP) is 3.47. The van der Waals surface area contributed by atoms with Crippen molar-refractivity contribution < 1.29 is 4.79 Å². The SMILES string of the molecule is O=C(Nc1cc(Br)cnc1Cl)C1Cc2ccccc2N1. The van der Waals surface area contributed by atoms with E-state index < -0.39 is 0 Å². The van der Waals surface area contributed by atoms with Crippen LogP contribution in [0.4, 0.5) is 11.4 Å². The van der Waals surface area contributed by atoms with Crippen molar-refractivity contribution in [3.05, 3.63) is 51.7 Å². The van der Waals surface area contributed by atoms with Gasteiger partial charge in [-0.2, -0.15) is 0 Å². The van der Waals surface area contributed by atoms with E-state index in [2.05, 4.69) is 31.5 Å². The molecule has 1 unspecified atom stereocenters. The maximum Gasteiger partial charge on any atom is 0.247 e. The summed E-state index contributed by atoms with van der Waals surface area (Å²) in [5, 5.41) is 6.28. The highest BCUT2D eigenvalue weighted by Crippen LogP contribution is 2.27. The number of rotatable bonds is 2. The number of pyridine rings is 1. The van der Waals surface area contributed by atoms with Gasteiger partial charge in [0.15, 0.2) is 5.15 Å². The zero-order valence-corrected chi connectivity index (χ0v) is 12.7. The molecule has 2 heterocycles. The first-order chi connectivity index (χ1) is 9.63. The third-order valence-electron chi connectivity index (χ3n) is 3.15. The van der Waals surface area contributed by atoms with E-state index in [1.807, 2.05) is 24.3 Å². The van der Waals surface area contributed by atoms with Crippen LogP contribution in [0.3, 0.4) is 0 Å². The molecule has 0 saturated heterocycles. The molecule has 0 fully saturated rings. The maximum absolute atomic E-state index is 12.3. The van der Waals surface area contributed by atoms with E-state index in [0.717, 1.165) is 15.7 Å². The molecule has 1 aliphatic heterocycles. The van der Waals surface area contributed by atoms with Crippen molar-refractivity contribution in [2.24, 2.45) is 0 Å². The largest absolute Gasteiger partial charge is 0.373 e. The summed E-state index contributed by atoms with van der Waals surface area (Å²) in [6.07, 6.45) is 2.25. The van der Waals surface area contributed by atoms with Crippen molar-refractivity contribution in [3.8, 4) is 0 Å². The maximum atomic E-state index is 12.3.